The van der Waals surface area contributed by atoms with Gasteiger partial charge in [0.05, 0.1) is 13.7 Å². The summed E-state index contributed by atoms with van der Waals surface area (Å²) >= 11 is 0. The van der Waals surface area contributed by atoms with E-state index in [1.54, 1.807) is 37.4 Å². The van der Waals surface area contributed by atoms with Crippen molar-refractivity contribution in [2.75, 3.05) is 12.4 Å². The first-order chi connectivity index (χ1) is 13.2. The van der Waals surface area contributed by atoms with Crippen molar-refractivity contribution < 1.29 is 9.53 Å². The van der Waals surface area contributed by atoms with E-state index in [-0.39, 0.29) is 5.91 Å². The number of anilines is 1. The maximum Gasteiger partial charge on any atom is 0.256 e. The van der Waals surface area contributed by atoms with Crippen LogP contribution in [0.4, 0.5) is 5.82 Å². The molecule has 1 aromatic heterocycles. The van der Waals surface area contributed by atoms with Crippen molar-refractivity contribution in [2.24, 2.45) is 0 Å². The van der Waals surface area contributed by atoms with E-state index in [0.717, 1.165) is 0 Å². The SMILES string of the molecule is COc1cccc(C(=O)Nc2ccn(Cc3cccc4ccccc34)n2)c1. The lowest BCUT2D eigenvalue weighted by Crippen LogP contribution is -2.13. The van der Waals surface area contributed by atoms with Gasteiger partial charge in [-0.05, 0) is 34.5 Å². The normalized spacial score (nSPS) is 10.7. The van der Waals surface area contributed by atoms with Crippen LogP contribution in [0.15, 0.2) is 79.0 Å². The third kappa shape index (κ3) is 3.67. The Balaban J connectivity index is 1.50. The summed E-state index contributed by atoms with van der Waals surface area (Å²) in [6.45, 7) is 0.635. The molecule has 1 heterocycles. The van der Waals surface area contributed by atoms with Crippen LogP contribution < -0.4 is 10.1 Å². The van der Waals surface area contributed by atoms with Crippen molar-refractivity contribution in [1.29, 1.82) is 0 Å². The molecule has 0 spiro atoms. The molecule has 1 N–H and O–H groups in total. The number of hydrogen-bond donors (Lipinski definition) is 1. The van der Waals surface area contributed by atoms with E-state index in [9.17, 15) is 4.79 Å². The summed E-state index contributed by atoms with van der Waals surface area (Å²) in [5, 5.41) is 9.71. The lowest BCUT2D eigenvalue weighted by molar-refractivity contribution is 0.102. The van der Waals surface area contributed by atoms with E-state index in [0.29, 0.717) is 23.7 Å². The average molecular weight is 357 g/mol. The van der Waals surface area contributed by atoms with Gasteiger partial charge in [-0.2, -0.15) is 5.10 Å². The van der Waals surface area contributed by atoms with E-state index in [1.165, 1.54) is 16.3 Å². The van der Waals surface area contributed by atoms with Gasteiger partial charge in [0, 0.05) is 17.8 Å². The molecule has 4 rings (SSSR count). The van der Waals surface area contributed by atoms with Gasteiger partial charge in [0.15, 0.2) is 5.82 Å². The van der Waals surface area contributed by atoms with Crippen LogP contribution in [-0.2, 0) is 6.54 Å². The number of nitrogens with zero attached hydrogens (tertiary/aromatic N) is 2. The van der Waals surface area contributed by atoms with Gasteiger partial charge >= 0.3 is 0 Å². The Labute approximate surface area is 157 Å². The minimum atomic E-state index is -0.218. The topological polar surface area (TPSA) is 56.1 Å². The number of benzene rings is 3. The van der Waals surface area contributed by atoms with Crippen molar-refractivity contribution >= 4 is 22.5 Å². The highest BCUT2D eigenvalue weighted by Gasteiger charge is 2.09. The van der Waals surface area contributed by atoms with Crippen LogP contribution in [0.1, 0.15) is 15.9 Å². The molecule has 5 nitrogen and oxygen atoms in total. The zero-order valence-electron chi connectivity index (χ0n) is 14.9. The second-order valence-corrected chi connectivity index (χ2v) is 6.22. The van der Waals surface area contributed by atoms with Crippen molar-refractivity contribution in [3.63, 3.8) is 0 Å². The second kappa shape index (κ2) is 7.33. The summed E-state index contributed by atoms with van der Waals surface area (Å²) < 4.78 is 6.98. The van der Waals surface area contributed by atoms with Crippen molar-refractivity contribution in [1.82, 2.24) is 9.78 Å². The molecule has 0 aliphatic carbocycles. The van der Waals surface area contributed by atoms with Crippen LogP contribution in [0.2, 0.25) is 0 Å². The molecule has 3 aromatic carbocycles. The first-order valence-electron chi connectivity index (χ1n) is 8.68. The van der Waals surface area contributed by atoms with Gasteiger partial charge in [0.2, 0.25) is 0 Å². The Morgan fingerprint density at radius 2 is 1.85 bits per heavy atom. The zero-order chi connectivity index (χ0) is 18.6. The fourth-order valence-electron chi connectivity index (χ4n) is 3.07. The maximum atomic E-state index is 12.4. The third-order valence-corrected chi connectivity index (χ3v) is 4.43. The molecular weight excluding hydrogens is 338 g/mol. The molecule has 4 aromatic rings. The summed E-state index contributed by atoms with van der Waals surface area (Å²) in [5.74, 6) is 0.941. The lowest BCUT2D eigenvalue weighted by Gasteiger charge is -2.07. The van der Waals surface area contributed by atoms with Gasteiger partial charge in [-0.3, -0.25) is 9.48 Å². The number of aromatic nitrogens is 2. The number of ether oxygens (including phenoxy) is 1. The van der Waals surface area contributed by atoms with Gasteiger partial charge in [0.1, 0.15) is 5.75 Å². The fraction of sp³-hybridized carbons (Fsp3) is 0.0909. The summed E-state index contributed by atoms with van der Waals surface area (Å²) in [4.78, 5) is 12.4. The lowest BCUT2D eigenvalue weighted by atomic mass is 10.0. The van der Waals surface area contributed by atoms with Gasteiger partial charge in [-0.25, -0.2) is 0 Å². The molecule has 0 saturated carbocycles. The number of carbonyl (C=O) groups excluding carboxylic acids is 1. The predicted molar refractivity (Wildman–Crippen MR) is 106 cm³/mol. The molecule has 0 aliphatic rings. The minimum absolute atomic E-state index is 0.218. The minimum Gasteiger partial charge on any atom is -0.497 e. The molecule has 0 bridgehead atoms. The number of nitrogens with one attached hydrogen (secondary N) is 1. The first kappa shape index (κ1) is 16.8. The largest absolute Gasteiger partial charge is 0.497 e. The smallest absolute Gasteiger partial charge is 0.256 e. The highest BCUT2D eigenvalue weighted by Crippen LogP contribution is 2.20. The summed E-state index contributed by atoms with van der Waals surface area (Å²) in [7, 11) is 1.58. The summed E-state index contributed by atoms with van der Waals surface area (Å²) in [6, 6.07) is 23.3. The van der Waals surface area contributed by atoms with Crippen LogP contribution in [0.25, 0.3) is 10.8 Å². The molecule has 0 saturated heterocycles. The van der Waals surface area contributed by atoms with Crippen LogP contribution >= 0.6 is 0 Å². The Morgan fingerprint density at radius 3 is 2.74 bits per heavy atom. The number of hydrogen-bond acceptors (Lipinski definition) is 3. The predicted octanol–water partition coefficient (Wildman–Crippen LogP) is 4.35. The van der Waals surface area contributed by atoms with Crippen molar-refractivity contribution in [2.45, 2.75) is 6.54 Å². The molecule has 1 amide bonds. The number of methoxy groups -OCH3 is 1. The summed E-state index contributed by atoms with van der Waals surface area (Å²) in [5.41, 5.74) is 1.71. The highest BCUT2D eigenvalue weighted by molar-refractivity contribution is 6.03. The number of rotatable bonds is 5. The molecular formula is C22H19N3O2. The number of amides is 1. The number of fused-ring (bicyclic) bond motifs is 1. The third-order valence-electron chi connectivity index (χ3n) is 4.43. The van der Waals surface area contributed by atoms with Crippen LogP contribution in [0.3, 0.4) is 0 Å². The number of carbonyl (C=O) groups is 1. The van der Waals surface area contributed by atoms with E-state index in [2.05, 4.69) is 34.7 Å². The van der Waals surface area contributed by atoms with E-state index in [1.807, 2.05) is 29.1 Å². The van der Waals surface area contributed by atoms with Crippen LogP contribution in [-0.4, -0.2) is 22.8 Å². The van der Waals surface area contributed by atoms with E-state index >= 15 is 0 Å². The van der Waals surface area contributed by atoms with E-state index in [4.69, 9.17) is 4.74 Å². The monoisotopic (exact) mass is 357 g/mol. The average Bonchev–Trinajstić information content (AvgIpc) is 3.15. The molecule has 5 heteroatoms. The molecule has 0 atom stereocenters. The molecule has 0 radical (unpaired) electrons. The Hall–Kier alpha value is -3.60. The van der Waals surface area contributed by atoms with Crippen molar-refractivity contribution in [3.8, 4) is 5.75 Å². The second-order valence-electron chi connectivity index (χ2n) is 6.22. The highest BCUT2D eigenvalue weighted by atomic mass is 16.5. The van der Waals surface area contributed by atoms with Gasteiger partial charge < -0.3 is 10.1 Å². The standard InChI is InChI=1S/C22H19N3O2/c1-27-19-10-5-8-17(14-19)22(26)23-21-12-13-25(24-21)15-18-9-4-7-16-6-2-3-11-20(16)18/h2-14H,15H2,1H3,(H,23,24,26). The van der Waals surface area contributed by atoms with Crippen LogP contribution in [0.5, 0.6) is 5.75 Å². The van der Waals surface area contributed by atoms with Crippen molar-refractivity contribution in [3.05, 3.63) is 90.1 Å². The van der Waals surface area contributed by atoms with Gasteiger partial charge in [-0.15, -0.1) is 0 Å². The molecule has 0 fully saturated rings. The Kier molecular flexibility index (Phi) is 4.58. The van der Waals surface area contributed by atoms with E-state index < -0.39 is 0 Å². The fourth-order valence-corrected chi connectivity index (χ4v) is 3.07. The van der Waals surface area contributed by atoms with Gasteiger partial charge in [0.25, 0.3) is 5.91 Å². The zero-order valence-corrected chi connectivity index (χ0v) is 14.9. The molecule has 27 heavy (non-hydrogen) atoms. The molecule has 134 valence electrons. The maximum absolute atomic E-state index is 12.4. The Morgan fingerprint density at radius 1 is 1.04 bits per heavy atom. The summed E-state index contributed by atoms with van der Waals surface area (Å²) in [6.07, 6.45) is 1.86. The first-order valence-corrected chi connectivity index (χ1v) is 8.68. The van der Waals surface area contributed by atoms with Gasteiger partial charge in [-0.1, -0.05) is 48.5 Å². The molecule has 0 aliphatic heterocycles. The quantitative estimate of drug-likeness (QED) is 0.578. The Bertz CT molecular complexity index is 1100. The van der Waals surface area contributed by atoms with Crippen LogP contribution in [0, 0.1) is 0 Å². The molecule has 0 unspecified atom stereocenters.